The first-order valence-corrected chi connectivity index (χ1v) is 11.7. The van der Waals surface area contributed by atoms with E-state index in [0.29, 0.717) is 18.2 Å². The molecule has 0 aromatic carbocycles. The van der Waals surface area contributed by atoms with Gasteiger partial charge in [-0.1, -0.05) is 20.8 Å². The summed E-state index contributed by atoms with van der Waals surface area (Å²) in [7, 11) is -3.10. The second-order valence-electron chi connectivity index (χ2n) is 7.48. The fourth-order valence-corrected chi connectivity index (χ4v) is 6.74. The van der Waals surface area contributed by atoms with Gasteiger partial charge in [0, 0.05) is 31.1 Å². The Morgan fingerprint density at radius 3 is 2.72 bits per heavy atom. The van der Waals surface area contributed by atoms with Crippen molar-refractivity contribution in [1.82, 2.24) is 14.8 Å². The number of piperazine rings is 1. The van der Waals surface area contributed by atoms with Crippen LogP contribution in [0, 0.1) is 5.92 Å². The van der Waals surface area contributed by atoms with E-state index in [1.54, 1.807) is 4.90 Å². The number of hydrogen-bond acceptors (Lipinski definition) is 6. The van der Waals surface area contributed by atoms with Crippen molar-refractivity contribution in [1.29, 1.82) is 0 Å². The van der Waals surface area contributed by atoms with Gasteiger partial charge in [-0.2, -0.15) is 0 Å². The Morgan fingerprint density at radius 2 is 2.04 bits per heavy atom. The largest absolute Gasteiger partial charge is 0.330 e. The van der Waals surface area contributed by atoms with E-state index < -0.39 is 9.84 Å². The Kier molecular flexibility index (Phi) is 5.51. The van der Waals surface area contributed by atoms with Crippen molar-refractivity contribution >= 4 is 27.1 Å². The molecular formula is C17H27N3O3S2. The number of carbonyl (C=O) groups is 1. The summed E-state index contributed by atoms with van der Waals surface area (Å²) in [4.78, 5) is 21.4. The van der Waals surface area contributed by atoms with Crippen LogP contribution < -0.4 is 0 Å². The fourth-order valence-electron chi connectivity index (χ4n) is 3.86. The molecule has 2 atom stereocenters. The molecule has 0 spiro atoms. The lowest BCUT2D eigenvalue weighted by atomic mass is 10.0. The summed E-state index contributed by atoms with van der Waals surface area (Å²) in [5, 5.41) is 2.78. The van der Waals surface area contributed by atoms with Gasteiger partial charge in [0.05, 0.1) is 22.6 Å². The highest BCUT2D eigenvalue weighted by Crippen LogP contribution is 2.29. The van der Waals surface area contributed by atoms with Gasteiger partial charge in [-0.05, 0) is 18.8 Å². The van der Waals surface area contributed by atoms with E-state index in [9.17, 15) is 13.2 Å². The highest BCUT2D eigenvalue weighted by molar-refractivity contribution is 7.91. The lowest BCUT2D eigenvalue weighted by molar-refractivity contribution is 0.0293. The number of amides is 1. The fraction of sp³-hybridized carbons (Fsp3) is 0.765. The van der Waals surface area contributed by atoms with E-state index in [1.807, 2.05) is 5.38 Å². The molecule has 6 nitrogen and oxygen atoms in total. The predicted octanol–water partition coefficient (Wildman–Crippen LogP) is 1.68. The van der Waals surface area contributed by atoms with Gasteiger partial charge in [-0.25, -0.2) is 13.4 Å². The maximum atomic E-state index is 13.0. The monoisotopic (exact) mass is 385 g/mol. The maximum absolute atomic E-state index is 13.0. The smallest absolute Gasteiger partial charge is 0.273 e. The number of fused-ring (bicyclic) bond motifs is 1. The van der Waals surface area contributed by atoms with E-state index in [2.05, 4.69) is 30.7 Å². The van der Waals surface area contributed by atoms with Gasteiger partial charge in [-0.3, -0.25) is 9.69 Å². The molecule has 3 heterocycles. The third kappa shape index (κ3) is 4.06. The van der Waals surface area contributed by atoms with Gasteiger partial charge in [0.1, 0.15) is 5.69 Å². The van der Waals surface area contributed by atoms with Gasteiger partial charge in [0.15, 0.2) is 9.84 Å². The molecule has 0 saturated carbocycles. The lowest BCUT2D eigenvalue weighted by Crippen LogP contribution is -2.61. The molecule has 25 heavy (non-hydrogen) atoms. The number of rotatable bonds is 5. The minimum Gasteiger partial charge on any atom is -0.330 e. The zero-order valence-electron chi connectivity index (χ0n) is 15.1. The number of carbonyl (C=O) groups excluding carboxylic acids is 1. The average Bonchev–Trinajstić information content (AvgIpc) is 3.10. The Morgan fingerprint density at radius 1 is 1.32 bits per heavy atom. The summed E-state index contributed by atoms with van der Waals surface area (Å²) >= 11 is 1.51. The average molecular weight is 386 g/mol. The summed E-state index contributed by atoms with van der Waals surface area (Å²) in [6.07, 6.45) is 1.87. The molecule has 1 amide bonds. The molecule has 0 aliphatic carbocycles. The second kappa shape index (κ2) is 7.32. The molecular weight excluding hydrogens is 358 g/mol. The Hall–Kier alpha value is -0.990. The first-order chi connectivity index (χ1) is 11.8. The summed E-state index contributed by atoms with van der Waals surface area (Å²) in [5.41, 5.74) is 0.466. The van der Waals surface area contributed by atoms with E-state index >= 15 is 0 Å². The van der Waals surface area contributed by atoms with E-state index in [1.165, 1.54) is 11.3 Å². The van der Waals surface area contributed by atoms with Crippen LogP contribution >= 0.6 is 11.3 Å². The number of aryl methyl sites for hydroxylation is 1. The van der Waals surface area contributed by atoms with Crippen LogP contribution in [0.5, 0.6) is 0 Å². The zero-order valence-corrected chi connectivity index (χ0v) is 16.8. The number of sulfone groups is 1. The molecule has 2 saturated heterocycles. The van der Waals surface area contributed by atoms with Gasteiger partial charge >= 0.3 is 0 Å². The maximum Gasteiger partial charge on any atom is 0.273 e. The van der Waals surface area contributed by atoms with Crippen LogP contribution in [0.3, 0.4) is 0 Å². The van der Waals surface area contributed by atoms with Crippen molar-refractivity contribution in [3.8, 4) is 0 Å². The molecule has 2 fully saturated rings. The second-order valence-corrected chi connectivity index (χ2v) is 10.6. The van der Waals surface area contributed by atoms with Gasteiger partial charge in [0.25, 0.3) is 5.91 Å². The quantitative estimate of drug-likeness (QED) is 0.771. The summed E-state index contributed by atoms with van der Waals surface area (Å²) < 4.78 is 24.5. The molecule has 1 aromatic rings. The third-order valence-corrected chi connectivity index (χ3v) is 7.49. The first-order valence-electron chi connectivity index (χ1n) is 9.00. The highest BCUT2D eigenvalue weighted by Gasteiger charge is 2.48. The van der Waals surface area contributed by atoms with Crippen LogP contribution in [0.15, 0.2) is 5.38 Å². The Balaban J connectivity index is 1.81. The van der Waals surface area contributed by atoms with Gasteiger partial charge < -0.3 is 4.90 Å². The standard InChI is InChI=1S/C17H27N3O3S2/c1-4-5-16-18-13(9-24-16)17(21)20-7-6-19(8-12(2)3)14-10-25(22,23)11-15(14)20/h9,12,14-15H,4-8,10-11H2,1-3H3/t14-,15+/m0/s1. The van der Waals surface area contributed by atoms with Crippen LogP contribution in [0.25, 0.3) is 0 Å². The molecule has 140 valence electrons. The van der Waals surface area contributed by atoms with Gasteiger partial charge in [0.2, 0.25) is 0 Å². The van der Waals surface area contributed by atoms with Crippen LogP contribution in [-0.2, 0) is 16.3 Å². The Labute approximate surface area is 154 Å². The minimum absolute atomic E-state index is 0.0734. The molecule has 2 aliphatic rings. The number of aromatic nitrogens is 1. The zero-order chi connectivity index (χ0) is 18.2. The lowest BCUT2D eigenvalue weighted by Gasteiger charge is -2.44. The van der Waals surface area contributed by atoms with Crippen molar-refractivity contribution < 1.29 is 13.2 Å². The van der Waals surface area contributed by atoms with Crippen molar-refractivity contribution in [3.63, 3.8) is 0 Å². The summed E-state index contributed by atoms with van der Waals surface area (Å²) in [6, 6.07) is -0.333. The van der Waals surface area contributed by atoms with Crippen LogP contribution in [0.1, 0.15) is 42.7 Å². The summed E-state index contributed by atoms with van der Waals surface area (Å²) in [6.45, 7) is 8.54. The predicted molar refractivity (Wildman–Crippen MR) is 99.8 cm³/mol. The molecule has 0 N–H and O–H groups in total. The molecule has 2 aliphatic heterocycles. The van der Waals surface area contributed by atoms with E-state index in [4.69, 9.17) is 0 Å². The van der Waals surface area contributed by atoms with Crippen molar-refractivity contribution in [2.75, 3.05) is 31.1 Å². The summed E-state index contributed by atoms with van der Waals surface area (Å²) in [5.74, 6) is 0.590. The van der Waals surface area contributed by atoms with Crippen LogP contribution in [-0.4, -0.2) is 72.3 Å². The topological polar surface area (TPSA) is 70.6 Å². The molecule has 3 rings (SSSR count). The van der Waals surface area contributed by atoms with Crippen molar-refractivity contribution in [2.24, 2.45) is 5.92 Å². The molecule has 0 radical (unpaired) electrons. The van der Waals surface area contributed by atoms with E-state index in [-0.39, 0.29) is 29.5 Å². The highest BCUT2D eigenvalue weighted by atomic mass is 32.2. The van der Waals surface area contributed by atoms with Crippen LogP contribution in [0.2, 0.25) is 0 Å². The van der Waals surface area contributed by atoms with Crippen molar-refractivity contribution in [3.05, 3.63) is 16.1 Å². The number of thiazole rings is 1. The molecule has 0 bridgehead atoms. The normalized spacial score (nSPS) is 26.2. The number of nitrogens with zero attached hydrogens (tertiary/aromatic N) is 3. The van der Waals surface area contributed by atoms with Crippen LogP contribution in [0.4, 0.5) is 0 Å². The first kappa shape index (κ1) is 18.8. The molecule has 8 heteroatoms. The molecule has 0 unspecified atom stereocenters. The SMILES string of the molecule is CCCc1nc(C(=O)N2CCN(CC(C)C)[C@H]3CS(=O)(=O)C[C@H]32)cs1. The minimum atomic E-state index is -3.10. The van der Waals surface area contributed by atoms with Crippen molar-refractivity contribution in [2.45, 2.75) is 45.7 Å². The van der Waals surface area contributed by atoms with Gasteiger partial charge in [-0.15, -0.1) is 11.3 Å². The Bertz CT molecular complexity index is 729. The van der Waals surface area contributed by atoms with E-state index in [0.717, 1.165) is 30.9 Å². The molecule has 1 aromatic heterocycles. The third-order valence-electron chi connectivity index (χ3n) is 4.89. The number of hydrogen-bond donors (Lipinski definition) is 0.